The lowest BCUT2D eigenvalue weighted by Gasteiger charge is -2.42. The molecule has 7 heteroatoms. The highest BCUT2D eigenvalue weighted by Gasteiger charge is 2.53. The summed E-state index contributed by atoms with van der Waals surface area (Å²) in [6.45, 7) is 3.24. The Kier molecular flexibility index (Phi) is 6.73. The Hall–Kier alpha value is -1.22. The molecule has 33 heavy (non-hydrogen) atoms. The van der Waals surface area contributed by atoms with Crippen LogP contribution in [0.25, 0.3) is 0 Å². The van der Waals surface area contributed by atoms with Crippen LogP contribution in [0.3, 0.4) is 0 Å². The van der Waals surface area contributed by atoms with Gasteiger partial charge in [-0.2, -0.15) is 0 Å². The van der Waals surface area contributed by atoms with E-state index in [1.54, 1.807) is 6.07 Å². The minimum Gasteiger partial charge on any atom is -0.508 e. The zero-order valence-corrected chi connectivity index (χ0v) is 19.5. The molecule has 4 aliphatic rings. The fourth-order valence-corrected chi connectivity index (χ4v) is 6.58. The minimum absolute atomic E-state index is 0.181. The molecule has 1 aromatic rings. The lowest BCUT2D eigenvalue weighted by atomic mass is 9.72. The molecule has 5 rings (SSSR count). The molecule has 0 aliphatic carbocycles. The molecule has 4 fully saturated rings. The van der Waals surface area contributed by atoms with Crippen LogP contribution in [-0.4, -0.2) is 64.5 Å². The number of phenols is 1. The smallest absolute Gasteiger partial charge is 0.161 e. The van der Waals surface area contributed by atoms with E-state index in [2.05, 4.69) is 13.0 Å². The van der Waals surface area contributed by atoms with Gasteiger partial charge in [0, 0.05) is 25.7 Å². The second-order valence-electron chi connectivity index (χ2n) is 10.7. The van der Waals surface area contributed by atoms with E-state index in [1.165, 1.54) is 0 Å². The average molecular weight is 463 g/mol. The first kappa shape index (κ1) is 23.5. The fraction of sp³-hybridized carbons (Fsp3) is 0.769. The van der Waals surface area contributed by atoms with E-state index >= 15 is 0 Å². The Labute approximate surface area is 196 Å². The van der Waals surface area contributed by atoms with Gasteiger partial charge in [0.1, 0.15) is 5.75 Å². The van der Waals surface area contributed by atoms with Gasteiger partial charge in [0.2, 0.25) is 0 Å². The maximum absolute atomic E-state index is 10.5. The molecule has 0 saturated carbocycles. The van der Waals surface area contributed by atoms with E-state index in [4.69, 9.17) is 18.9 Å². The second-order valence-corrected chi connectivity index (χ2v) is 10.7. The van der Waals surface area contributed by atoms with Gasteiger partial charge in [-0.15, -0.1) is 0 Å². The molecule has 1 aromatic carbocycles. The van der Waals surface area contributed by atoms with Crippen LogP contribution in [0.2, 0.25) is 0 Å². The van der Waals surface area contributed by atoms with Gasteiger partial charge in [-0.3, -0.25) is 0 Å². The number of phenolic OH excluding ortho intramolecular Hbond substituents is 1. The number of aliphatic hydroxyl groups excluding tert-OH is 2. The van der Waals surface area contributed by atoms with E-state index < -0.39 is 17.3 Å². The molecule has 4 saturated heterocycles. The van der Waals surface area contributed by atoms with Gasteiger partial charge < -0.3 is 34.3 Å². The number of benzene rings is 1. The Balaban J connectivity index is 1.37. The van der Waals surface area contributed by atoms with E-state index in [0.29, 0.717) is 38.9 Å². The summed E-state index contributed by atoms with van der Waals surface area (Å²) in [5.74, 6) is 0.682. The quantitative estimate of drug-likeness (QED) is 0.516. The number of hydrogen-bond donors (Lipinski definition) is 3. The van der Waals surface area contributed by atoms with Crippen LogP contribution in [0.15, 0.2) is 24.3 Å². The van der Waals surface area contributed by atoms with Crippen molar-refractivity contribution < 1.29 is 34.3 Å². The van der Waals surface area contributed by atoms with Crippen molar-refractivity contribution >= 4 is 0 Å². The zero-order chi connectivity index (χ0) is 23.1. The van der Waals surface area contributed by atoms with E-state index in [0.717, 1.165) is 37.7 Å². The van der Waals surface area contributed by atoms with Crippen molar-refractivity contribution in [2.45, 2.75) is 107 Å². The average Bonchev–Trinajstić information content (AvgIpc) is 3.26. The van der Waals surface area contributed by atoms with Gasteiger partial charge in [-0.1, -0.05) is 25.5 Å². The maximum Gasteiger partial charge on any atom is 0.161 e. The summed E-state index contributed by atoms with van der Waals surface area (Å²) in [4.78, 5) is 0. The summed E-state index contributed by atoms with van der Waals surface area (Å²) in [5.41, 5.74) is 0.211. The highest BCUT2D eigenvalue weighted by Crippen LogP contribution is 2.48. The van der Waals surface area contributed by atoms with Crippen molar-refractivity contribution in [2.24, 2.45) is 5.92 Å². The maximum atomic E-state index is 10.5. The second kappa shape index (κ2) is 9.44. The number of ether oxygens (including phenoxy) is 4. The SMILES string of the molecule is CCCC(CC(CCC12COC(CC(O)C1)O2)c1cccc(O)c1)C12COC(CC(O)C1)O2. The standard InChI is InChI=1S/C26H38O7/c1-2-4-19(26-14-22(29)12-24(33-26)31-16-26)9-18(17-5-3-6-20(27)10-17)7-8-25-13-21(28)11-23(32-25)30-15-25/h3,5-6,10,18-19,21-24,27-29H,2,4,7-9,11-16H2,1H3. The number of hydrogen-bond acceptors (Lipinski definition) is 7. The molecule has 0 aromatic heterocycles. The first-order valence-electron chi connectivity index (χ1n) is 12.6. The first-order valence-corrected chi connectivity index (χ1v) is 12.6. The van der Waals surface area contributed by atoms with Crippen LogP contribution in [0, 0.1) is 5.92 Å². The van der Waals surface area contributed by atoms with Crippen LogP contribution in [0.5, 0.6) is 5.75 Å². The predicted molar refractivity (Wildman–Crippen MR) is 121 cm³/mol. The van der Waals surface area contributed by atoms with Crippen LogP contribution in [-0.2, 0) is 18.9 Å². The molecule has 0 amide bonds. The van der Waals surface area contributed by atoms with Crippen LogP contribution in [0.4, 0.5) is 0 Å². The monoisotopic (exact) mass is 462 g/mol. The molecule has 184 valence electrons. The Morgan fingerprint density at radius 1 is 1.00 bits per heavy atom. The summed E-state index contributed by atoms with van der Waals surface area (Å²) in [7, 11) is 0. The van der Waals surface area contributed by atoms with Gasteiger partial charge in [0.25, 0.3) is 0 Å². The normalized spacial score (nSPS) is 39.5. The number of fused-ring (bicyclic) bond motifs is 4. The molecule has 7 nitrogen and oxygen atoms in total. The molecule has 0 radical (unpaired) electrons. The molecule has 3 N–H and O–H groups in total. The third-order valence-electron chi connectivity index (χ3n) is 8.15. The van der Waals surface area contributed by atoms with Crippen molar-refractivity contribution in [1.29, 1.82) is 0 Å². The van der Waals surface area contributed by atoms with Crippen molar-refractivity contribution in [1.82, 2.24) is 0 Å². The van der Waals surface area contributed by atoms with E-state index in [-0.39, 0.29) is 36.3 Å². The van der Waals surface area contributed by atoms with Crippen molar-refractivity contribution in [3.8, 4) is 5.75 Å². The first-order chi connectivity index (χ1) is 15.9. The Morgan fingerprint density at radius 2 is 1.76 bits per heavy atom. The van der Waals surface area contributed by atoms with Gasteiger partial charge in [-0.25, -0.2) is 0 Å². The fourth-order valence-electron chi connectivity index (χ4n) is 6.58. The molecular formula is C26H38O7. The third kappa shape index (κ3) is 4.95. The van der Waals surface area contributed by atoms with Crippen LogP contribution >= 0.6 is 0 Å². The topological polar surface area (TPSA) is 97.6 Å². The molecule has 0 spiro atoms. The van der Waals surface area contributed by atoms with Crippen LogP contribution in [0.1, 0.15) is 76.2 Å². The molecule has 8 atom stereocenters. The van der Waals surface area contributed by atoms with Crippen molar-refractivity contribution in [3.63, 3.8) is 0 Å². The largest absolute Gasteiger partial charge is 0.508 e. The van der Waals surface area contributed by atoms with Crippen molar-refractivity contribution in [3.05, 3.63) is 29.8 Å². The predicted octanol–water partition coefficient (Wildman–Crippen LogP) is 3.60. The third-order valence-corrected chi connectivity index (χ3v) is 8.15. The highest BCUT2D eigenvalue weighted by molar-refractivity contribution is 5.30. The summed E-state index contributed by atoms with van der Waals surface area (Å²) in [5, 5.41) is 31.0. The number of aliphatic hydroxyl groups is 2. The summed E-state index contributed by atoms with van der Waals surface area (Å²) < 4.78 is 24.3. The summed E-state index contributed by atoms with van der Waals surface area (Å²) in [6.07, 6.45) is 5.43. The molecule has 8 unspecified atom stereocenters. The highest BCUT2D eigenvalue weighted by atomic mass is 16.7. The Bertz CT molecular complexity index is 818. The number of rotatable bonds is 9. The summed E-state index contributed by atoms with van der Waals surface area (Å²) in [6, 6.07) is 7.54. The van der Waals surface area contributed by atoms with Crippen molar-refractivity contribution in [2.75, 3.05) is 13.2 Å². The minimum atomic E-state index is -0.454. The zero-order valence-electron chi connectivity index (χ0n) is 19.5. The lowest BCUT2D eigenvalue weighted by Crippen LogP contribution is -2.47. The Morgan fingerprint density at radius 3 is 2.55 bits per heavy atom. The summed E-state index contributed by atoms with van der Waals surface area (Å²) >= 11 is 0. The van der Waals surface area contributed by atoms with Crippen LogP contribution < -0.4 is 0 Å². The molecule has 4 aliphatic heterocycles. The lowest BCUT2D eigenvalue weighted by molar-refractivity contribution is -0.173. The molecular weight excluding hydrogens is 424 g/mol. The van der Waals surface area contributed by atoms with Gasteiger partial charge >= 0.3 is 0 Å². The number of aromatic hydroxyl groups is 1. The van der Waals surface area contributed by atoms with Gasteiger partial charge in [-0.05, 0) is 55.2 Å². The van der Waals surface area contributed by atoms with E-state index in [9.17, 15) is 15.3 Å². The molecule has 4 heterocycles. The molecule has 4 bridgehead atoms. The van der Waals surface area contributed by atoms with Gasteiger partial charge in [0.15, 0.2) is 12.6 Å². The van der Waals surface area contributed by atoms with E-state index in [1.807, 2.05) is 12.1 Å². The van der Waals surface area contributed by atoms with Gasteiger partial charge in [0.05, 0.1) is 36.6 Å².